The molecule has 0 radical (unpaired) electrons. The normalized spacial score (nSPS) is 14.1. The lowest BCUT2D eigenvalue weighted by atomic mass is 10.1. The van der Waals surface area contributed by atoms with Crippen molar-refractivity contribution in [2.45, 2.75) is 31.8 Å². The van der Waals surface area contributed by atoms with Crippen LogP contribution < -0.4 is 10.6 Å². The van der Waals surface area contributed by atoms with Crippen LogP contribution in [0.15, 0.2) is 34.9 Å². The number of carbonyl (C=O) groups excluding carboxylic acids is 1. The molecule has 1 heterocycles. The van der Waals surface area contributed by atoms with Crippen molar-refractivity contribution in [3.63, 3.8) is 0 Å². The Kier molecular flexibility index (Phi) is 4.25. The average molecular weight is 286 g/mol. The molecule has 2 aromatic rings. The van der Waals surface area contributed by atoms with Crippen molar-refractivity contribution in [1.82, 2.24) is 20.8 Å². The van der Waals surface area contributed by atoms with Crippen LogP contribution in [-0.4, -0.2) is 28.6 Å². The topological polar surface area (TPSA) is 80.1 Å². The van der Waals surface area contributed by atoms with Crippen LogP contribution in [0.2, 0.25) is 0 Å². The maximum atomic E-state index is 11.5. The number of rotatable bonds is 7. The summed E-state index contributed by atoms with van der Waals surface area (Å²) in [6, 6.07) is 10.4. The molecular weight excluding hydrogens is 268 g/mol. The highest BCUT2D eigenvalue weighted by atomic mass is 16.5. The zero-order valence-corrected chi connectivity index (χ0v) is 11.7. The molecule has 1 aromatic carbocycles. The smallest absolute Gasteiger partial charge is 0.240 e. The number of aromatic nitrogens is 2. The number of nitrogens with zero attached hydrogens (tertiary/aromatic N) is 2. The van der Waals surface area contributed by atoms with Crippen LogP contribution in [0.5, 0.6) is 0 Å². The van der Waals surface area contributed by atoms with Gasteiger partial charge >= 0.3 is 0 Å². The van der Waals surface area contributed by atoms with E-state index in [2.05, 4.69) is 20.8 Å². The molecule has 21 heavy (non-hydrogen) atoms. The summed E-state index contributed by atoms with van der Waals surface area (Å²) in [6.07, 6.45) is 2.84. The molecule has 1 fully saturated rings. The number of hydrogen-bond donors (Lipinski definition) is 2. The third kappa shape index (κ3) is 4.39. The molecule has 6 nitrogen and oxygen atoms in total. The molecule has 1 aromatic heterocycles. The summed E-state index contributed by atoms with van der Waals surface area (Å²) >= 11 is 0. The van der Waals surface area contributed by atoms with Crippen molar-refractivity contribution in [3.05, 3.63) is 47.6 Å². The van der Waals surface area contributed by atoms with Crippen LogP contribution in [0.25, 0.3) is 0 Å². The molecule has 1 aliphatic rings. The van der Waals surface area contributed by atoms with Gasteiger partial charge in [-0.05, 0) is 18.4 Å². The van der Waals surface area contributed by atoms with Gasteiger partial charge < -0.3 is 9.84 Å². The second-order valence-corrected chi connectivity index (χ2v) is 5.21. The monoisotopic (exact) mass is 286 g/mol. The van der Waals surface area contributed by atoms with E-state index in [-0.39, 0.29) is 12.5 Å². The predicted molar refractivity (Wildman–Crippen MR) is 76.4 cm³/mol. The fraction of sp³-hybridized carbons (Fsp3) is 0.400. The third-order valence-electron chi connectivity index (χ3n) is 3.22. The number of hydrogen-bond acceptors (Lipinski definition) is 5. The van der Waals surface area contributed by atoms with Crippen LogP contribution in [0.3, 0.4) is 0 Å². The van der Waals surface area contributed by atoms with E-state index in [1.54, 1.807) is 0 Å². The summed E-state index contributed by atoms with van der Waals surface area (Å²) in [5, 5.41) is 9.85. The van der Waals surface area contributed by atoms with E-state index in [0.717, 1.165) is 18.4 Å². The second-order valence-electron chi connectivity index (χ2n) is 5.21. The lowest BCUT2D eigenvalue weighted by Crippen LogP contribution is -2.34. The number of carbonyl (C=O) groups is 1. The Balaban J connectivity index is 1.43. The Hall–Kier alpha value is -2.21. The van der Waals surface area contributed by atoms with Gasteiger partial charge in [-0.25, -0.2) is 0 Å². The fourth-order valence-electron chi connectivity index (χ4n) is 2.00. The average Bonchev–Trinajstić information content (AvgIpc) is 3.18. The van der Waals surface area contributed by atoms with Gasteiger partial charge in [0.05, 0.1) is 13.1 Å². The molecule has 0 spiro atoms. The molecule has 110 valence electrons. The minimum absolute atomic E-state index is 0.0153. The standard InChI is InChI=1S/C15H18N4O2/c20-14(17-12-6-7-12)9-16-10-15-18-13(19-21-15)8-11-4-2-1-3-5-11/h1-5,12,16H,6-10H2,(H,17,20). The molecule has 3 rings (SSSR count). The van der Waals surface area contributed by atoms with E-state index in [1.165, 1.54) is 0 Å². The van der Waals surface area contributed by atoms with E-state index in [0.29, 0.717) is 30.7 Å². The van der Waals surface area contributed by atoms with Gasteiger partial charge in [-0.3, -0.25) is 10.1 Å². The summed E-state index contributed by atoms with van der Waals surface area (Å²) in [4.78, 5) is 15.8. The van der Waals surface area contributed by atoms with Crippen molar-refractivity contribution >= 4 is 5.91 Å². The van der Waals surface area contributed by atoms with Crippen molar-refractivity contribution in [2.24, 2.45) is 0 Å². The Morgan fingerprint density at radius 3 is 2.86 bits per heavy atom. The van der Waals surface area contributed by atoms with Crippen LogP contribution in [0.1, 0.15) is 30.1 Å². The van der Waals surface area contributed by atoms with Crippen molar-refractivity contribution < 1.29 is 9.32 Å². The zero-order chi connectivity index (χ0) is 14.5. The highest BCUT2D eigenvalue weighted by Crippen LogP contribution is 2.18. The lowest BCUT2D eigenvalue weighted by molar-refractivity contribution is -0.120. The van der Waals surface area contributed by atoms with Gasteiger partial charge in [-0.15, -0.1) is 0 Å². The first kappa shape index (κ1) is 13.8. The van der Waals surface area contributed by atoms with Crippen LogP contribution in [-0.2, 0) is 17.8 Å². The van der Waals surface area contributed by atoms with E-state index < -0.39 is 0 Å². The van der Waals surface area contributed by atoms with Crippen molar-refractivity contribution in [2.75, 3.05) is 6.54 Å². The molecule has 2 N–H and O–H groups in total. The van der Waals surface area contributed by atoms with Crippen LogP contribution >= 0.6 is 0 Å². The van der Waals surface area contributed by atoms with Crippen LogP contribution in [0, 0.1) is 0 Å². The van der Waals surface area contributed by atoms with Gasteiger partial charge in [-0.1, -0.05) is 35.5 Å². The Labute approximate surface area is 122 Å². The highest BCUT2D eigenvalue weighted by Gasteiger charge is 2.22. The number of benzene rings is 1. The largest absolute Gasteiger partial charge is 0.352 e. The van der Waals surface area contributed by atoms with E-state index in [4.69, 9.17) is 4.52 Å². The minimum Gasteiger partial charge on any atom is -0.352 e. The molecule has 0 bridgehead atoms. The molecule has 6 heteroatoms. The van der Waals surface area contributed by atoms with Gasteiger partial charge in [0.1, 0.15) is 0 Å². The van der Waals surface area contributed by atoms with Crippen LogP contribution in [0.4, 0.5) is 0 Å². The molecule has 1 aliphatic carbocycles. The van der Waals surface area contributed by atoms with Gasteiger partial charge in [0.15, 0.2) is 5.82 Å². The number of amides is 1. The van der Waals surface area contributed by atoms with E-state index in [9.17, 15) is 4.79 Å². The maximum absolute atomic E-state index is 11.5. The molecule has 0 aliphatic heterocycles. The summed E-state index contributed by atoms with van der Waals surface area (Å²) in [6.45, 7) is 0.673. The molecule has 0 saturated heterocycles. The molecule has 1 saturated carbocycles. The SMILES string of the molecule is O=C(CNCc1nc(Cc2ccccc2)no1)NC1CC1. The second kappa shape index (κ2) is 6.49. The van der Waals surface area contributed by atoms with Gasteiger partial charge in [0.25, 0.3) is 0 Å². The molecule has 0 atom stereocenters. The molecular formula is C15H18N4O2. The summed E-state index contributed by atoms with van der Waals surface area (Å²) in [5.41, 5.74) is 1.14. The summed E-state index contributed by atoms with van der Waals surface area (Å²) < 4.78 is 5.16. The zero-order valence-electron chi connectivity index (χ0n) is 11.7. The fourth-order valence-corrected chi connectivity index (χ4v) is 2.00. The molecule has 1 amide bonds. The predicted octanol–water partition coefficient (Wildman–Crippen LogP) is 1.03. The van der Waals surface area contributed by atoms with Gasteiger partial charge in [-0.2, -0.15) is 4.98 Å². The van der Waals surface area contributed by atoms with Crippen molar-refractivity contribution in [1.29, 1.82) is 0 Å². The van der Waals surface area contributed by atoms with E-state index in [1.807, 2.05) is 30.3 Å². The summed E-state index contributed by atoms with van der Waals surface area (Å²) in [7, 11) is 0. The molecule has 0 unspecified atom stereocenters. The Bertz CT molecular complexity index is 593. The van der Waals surface area contributed by atoms with Gasteiger partial charge in [0.2, 0.25) is 11.8 Å². The van der Waals surface area contributed by atoms with E-state index >= 15 is 0 Å². The van der Waals surface area contributed by atoms with Crippen molar-refractivity contribution in [3.8, 4) is 0 Å². The first-order chi connectivity index (χ1) is 10.3. The highest BCUT2D eigenvalue weighted by molar-refractivity contribution is 5.78. The number of nitrogens with one attached hydrogen (secondary N) is 2. The first-order valence-corrected chi connectivity index (χ1v) is 7.15. The minimum atomic E-state index is 0.0153. The first-order valence-electron chi connectivity index (χ1n) is 7.15. The third-order valence-corrected chi connectivity index (χ3v) is 3.22. The Morgan fingerprint density at radius 2 is 2.10 bits per heavy atom. The lowest BCUT2D eigenvalue weighted by Gasteiger charge is -2.02. The maximum Gasteiger partial charge on any atom is 0.240 e. The quantitative estimate of drug-likeness (QED) is 0.794. The van der Waals surface area contributed by atoms with Gasteiger partial charge in [0, 0.05) is 12.5 Å². The Morgan fingerprint density at radius 1 is 1.29 bits per heavy atom. The summed E-state index contributed by atoms with van der Waals surface area (Å²) in [5.74, 6) is 1.17.